The Morgan fingerprint density at radius 3 is 2.89 bits per heavy atom. The number of carbonyl (C=O) groups excluding carboxylic acids is 1. The van der Waals surface area contributed by atoms with Gasteiger partial charge in [0, 0.05) is 17.9 Å². The topological polar surface area (TPSA) is 57.8 Å². The Balaban J connectivity index is 2.07. The van der Waals surface area contributed by atoms with Gasteiger partial charge in [0.2, 0.25) is 5.91 Å². The number of amides is 1. The molecule has 0 radical (unpaired) electrons. The third kappa shape index (κ3) is 1.66. The molecule has 1 aliphatic rings. The zero-order valence-electron chi connectivity index (χ0n) is 9.21. The number of rotatable bonds is 1. The van der Waals surface area contributed by atoms with Gasteiger partial charge in [-0.1, -0.05) is 6.07 Å². The molecule has 3 rings (SSSR count). The van der Waals surface area contributed by atoms with Gasteiger partial charge in [-0.3, -0.25) is 9.89 Å². The number of aromatic amines is 1. The molecule has 0 unspecified atom stereocenters. The predicted molar refractivity (Wildman–Crippen MR) is 60.0 cm³/mol. The van der Waals surface area contributed by atoms with Gasteiger partial charge in [0.1, 0.15) is 5.82 Å². The average molecular weight is 249 g/mol. The molecule has 2 N–H and O–H groups in total. The number of hydrogen-bond acceptors (Lipinski definition) is 2. The van der Waals surface area contributed by atoms with E-state index >= 15 is 0 Å². The van der Waals surface area contributed by atoms with Crippen LogP contribution >= 0.6 is 0 Å². The predicted octanol–water partition coefficient (Wildman–Crippen LogP) is 2.16. The third-order valence-electron chi connectivity index (χ3n) is 3.04. The summed E-state index contributed by atoms with van der Waals surface area (Å²) in [5.41, 5.74) is 1.34. The second-order valence-electron chi connectivity index (χ2n) is 4.18. The Morgan fingerprint density at radius 2 is 2.11 bits per heavy atom. The quantitative estimate of drug-likeness (QED) is 0.813. The number of benzene rings is 1. The molecule has 18 heavy (non-hydrogen) atoms. The van der Waals surface area contributed by atoms with Crippen molar-refractivity contribution in [1.29, 1.82) is 0 Å². The van der Waals surface area contributed by atoms with Gasteiger partial charge in [-0.25, -0.2) is 8.78 Å². The molecular formula is C12H9F2N3O. The van der Waals surface area contributed by atoms with Crippen LogP contribution in [0.1, 0.15) is 23.5 Å². The van der Waals surface area contributed by atoms with Crippen molar-refractivity contribution in [2.45, 2.75) is 12.3 Å². The standard InChI is InChI=1S/C12H9F2N3O/c13-9-2-1-6(3-10(9)14)7-4-11(18)16-12-8(7)5-15-17-12/h1-3,5,7H,4H2,(H2,15,16,17,18)/t7-/m0/s1. The van der Waals surface area contributed by atoms with Crippen molar-refractivity contribution in [1.82, 2.24) is 10.2 Å². The van der Waals surface area contributed by atoms with E-state index in [0.29, 0.717) is 11.4 Å². The van der Waals surface area contributed by atoms with Crippen LogP contribution < -0.4 is 5.32 Å². The van der Waals surface area contributed by atoms with E-state index in [1.165, 1.54) is 6.07 Å². The van der Waals surface area contributed by atoms with Crippen molar-refractivity contribution >= 4 is 11.7 Å². The van der Waals surface area contributed by atoms with Crippen molar-refractivity contribution in [2.75, 3.05) is 5.32 Å². The molecule has 0 bridgehead atoms. The average Bonchev–Trinajstić information content (AvgIpc) is 2.79. The number of hydrogen-bond donors (Lipinski definition) is 2. The zero-order valence-corrected chi connectivity index (χ0v) is 9.21. The summed E-state index contributed by atoms with van der Waals surface area (Å²) in [7, 11) is 0. The molecule has 0 saturated heterocycles. The molecule has 2 heterocycles. The maximum Gasteiger partial charge on any atom is 0.226 e. The second kappa shape index (κ2) is 3.90. The normalized spacial score (nSPS) is 18.3. The maximum atomic E-state index is 13.2. The second-order valence-corrected chi connectivity index (χ2v) is 4.18. The highest BCUT2D eigenvalue weighted by atomic mass is 19.2. The lowest BCUT2D eigenvalue weighted by Gasteiger charge is -2.22. The van der Waals surface area contributed by atoms with Crippen molar-refractivity contribution in [3.05, 3.63) is 47.2 Å². The van der Waals surface area contributed by atoms with Gasteiger partial charge in [0.05, 0.1) is 6.20 Å². The van der Waals surface area contributed by atoms with Crippen molar-refractivity contribution in [3.8, 4) is 0 Å². The lowest BCUT2D eigenvalue weighted by atomic mass is 9.87. The van der Waals surface area contributed by atoms with Gasteiger partial charge in [0.15, 0.2) is 11.6 Å². The van der Waals surface area contributed by atoms with Crippen LogP contribution in [0.2, 0.25) is 0 Å². The van der Waals surface area contributed by atoms with Crippen LogP contribution in [0.3, 0.4) is 0 Å². The highest BCUT2D eigenvalue weighted by Gasteiger charge is 2.28. The molecule has 0 fully saturated rings. The molecule has 1 atom stereocenters. The van der Waals surface area contributed by atoms with E-state index in [1.807, 2.05) is 0 Å². The fourth-order valence-electron chi connectivity index (χ4n) is 2.17. The number of fused-ring (bicyclic) bond motifs is 1. The van der Waals surface area contributed by atoms with E-state index in [4.69, 9.17) is 0 Å². The first-order valence-corrected chi connectivity index (χ1v) is 5.43. The minimum atomic E-state index is -0.913. The third-order valence-corrected chi connectivity index (χ3v) is 3.04. The first-order valence-electron chi connectivity index (χ1n) is 5.43. The summed E-state index contributed by atoms with van der Waals surface area (Å²) in [5.74, 6) is -1.78. The van der Waals surface area contributed by atoms with Crippen molar-refractivity contribution < 1.29 is 13.6 Å². The molecule has 0 aliphatic carbocycles. The van der Waals surface area contributed by atoms with Gasteiger partial charge in [-0.05, 0) is 17.7 Å². The van der Waals surface area contributed by atoms with Crippen LogP contribution in [-0.4, -0.2) is 16.1 Å². The van der Waals surface area contributed by atoms with Gasteiger partial charge in [-0.15, -0.1) is 0 Å². The number of aromatic nitrogens is 2. The van der Waals surface area contributed by atoms with E-state index < -0.39 is 11.6 Å². The number of halogens is 2. The molecule has 1 amide bonds. The molecule has 92 valence electrons. The van der Waals surface area contributed by atoms with E-state index in [0.717, 1.165) is 17.7 Å². The SMILES string of the molecule is O=C1C[C@@H](c2ccc(F)c(F)c2)c2cn[nH]c2N1. The molecule has 0 saturated carbocycles. The number of nitrogens with one attached hydrogen (secondary N) is 2. The lowest BCUT2D eigenvalue weighted by Crippen LogP contribution is -2.23. The Labute approximate surface area is 101 Å². The molecule has 0 spiro atoms. The molecule has 1 aromatic carbocycles. The van der Waals surface area contributed by atoms with Crippen LogP contribution in [0.5, 0.6) is 0 Å². The van der Waals surface area contributed by atoms with E-state index in [9.17, 15) is 13.6 Å². The summed E-state index contributed by atoms with van der Waals surface area (Å²) in [6.07, 6.45) is 1.78. The molecule has 2 aromatic rings. The largest absolute Gasteiger partial charge is 0.311 e. The molecule has 1 aromatic heterocycles. The summed E-state index contributed by atoms with van der Waals surface area (Å²) in [6, 6.07) is 3.67. The van der Waals surface area contributed by atoms with Crippen LogP contribution in [0.15, 0.2) is 24.4 Å². The van der Waals surface area contributed by atoms with Gasteiger partial charge in [0.25, 0.3) is 0 Å². The number of anilines is 1. The summed E-state index contributed by atoms with van der Waals surface area (Å²) in [4.78, 5) is 11.5. The first kappa shape index (κ1) is 10.9. The highest BCUT2D eigenvalue weighted by Crippen LogP contribution is 2.35. The van der Waals surface area contributed by atoms with Crippen molar-refractivity contribution in [3.63, 3.8) is 0 Å². The van der Waals surface area contributed by atoms with Crippen LogP contribution in [-0.2, 0) is 4.79 Å². The van der Waals surface area contributed by atoms with Gasteiger partial charge in [-0.2, -0.15) is 5.10 Å². The molecule has 4 nitrogen and oxygen atoms in total. The Morgan fingerprint density at radius 1 is 1.28 bits per heavy atom. The van der Waals surface area contributed by atoms with Gasteiger partial charge >= 0.3 is 0 Å². The van der Waals surface area contributed by atoms with E-state index in [1.54, 1.807) is 6.20 Å². The number of carbonyl (C=O) groups is 1. The summed E-state index contributed by atoms with van der Waals surface area (Å²) in [6.45, 7) is 0. The first-order chi connectivity index (χ1) is 8.65. The molecule has 1 aliphatic heterocycles. The summed E-state index contributed by atoms with van der Waals surface area (Å²) in [5, 5.41) is 9.15. The van der Waals surface area contributed by atoms with Gasteiger partial charge < -0.3 is 5.32 Å². The summed E-state index contributed by atoms with van der Waals surface area (Å²) < 4.78 is 26.1. The Kier molecular flexibility index (Phi) is 2.36. The molecular weight excluding hydrogens is 240 g/mol. The smallest absolute Gasteiger partial charge is 0.226 e. The number of nitrogens with zero attached hydrogens (tertiary/aromatic N) is 1. The maximum absolute atomic E-state index is 13.2. The highest BCUT2D eigenvalue weighted by molar-refractivity contribution is 5.94. The monoisotopic (exact) mass is 249 g/mol. The lowest BCUT2D eigenvalue weighted by molar-refractivity contribution is -0.116. The fourth-order valence-corrected chi connectivity index (χ4v) is 2.17. The Bertz CT molecular complexity index is 624. The van der Waals surface area contributed by atoms with Crippen LogP contribution in [0.4, 0.5) is 14.6 Å². The fraction of sp³-hybridized carbons (Fsp3) is 0.167. The van der Waals surface area contributed by atoms with E-state index in [-0.39, 0.29) is 18.2 Å². The van der Waals surface area contributed by atoms with E-state index in [2.05, 4.69) is 15.5 Å². The molecule has 6 heteroatoms. The van der Waals surface area contributed by atoms with Crippen LogP contribution in [0.25, 0.3) is 0 Å². The minimum absolute atomic E-state index is 0.179. The Hall–Kier alpha value is -2.24. The number of H-pyrrole nitrogens is 1. The zero-order chi connectivity index (χ0) is 12.7. The van der Waals surface area contributed by atoms with Crippen molar-refractivity contribution in [2.24, 2.45) is 0 Å². The minimum Gasteiger partial charge on any atom is -0.311 e. The summed E-state index contributed by atoms with van der Waals surface area (Å²) >= 11 is 0. The van der Waals surface area contributed by atoms with Crippen LogP contribution in [0, 0.1) is 11.6 Å².